The van der Waals surface area contributed by atoms with Gasteiger partial charge in [-0.15, -0.1) is 0 Å². The highest BCUT2D eigenvalue weighted by molar-refractivity contribution is 5.81. The molecule has 0 saturated carbocycles. The number of ketones is 1. The molecule has 0 fully saturated rings. The fraction of sp³-hybridized carbons (Fsp3) is 0.500. The molecule has 0 radical (unpaired) electrons. The first kappa shape index (κ1) is 15.7. The maximum absolute atomic E-state index is 11.6. The van der Waals surface area contributed by atoms with Crippen molar-refractivity contribution in [3.05, 3.63) is 35.6 Å². The minimum Gasteiger partial charge on any atom is -0.402 e. The minimum atomic E-state index is -0.408. The van der Waals surface area contributed by atoms with Gasteiger partial charge in [0, 0.05) is 11.6 Å². The van der Waals surface area contributed by atoms with Crippen LogP contribution in [0.1, 0.15) is 27.7 Å². The van der Waals surface area contributed by atoms with Crippen molar-refractivity contribution >= 4 is 5.78 Å². The lowest BCUT2D eigenvalue weighted by Gasteiger charge is -2.26. The van der Waals surface area contributed by atoms with Crippen molar-refractivity contribution < 1.29 is 4.79 Å². The molecule has 0 aromatic rings. The van der Waals surface area contributed by atoms with E-state index in [4.69, 9.17) is 11.5 Å². The summed E-state index contributed by atoms with van der Waals surface area (Å²) in [5, 5.41) is 0. The van der Waals surface area contributed by atoms with Crippen LogP contribution in [0.25, 0.3) is 0 Å². The molecule has 96 valence electrons. The molecule has 0 aliphatic heterocycles. The molecule has 0 amide bonds. The van der Waals surface area contributed by atoms with Gasteiger partial charge in [0.15, 0.2) is 0 Å². The molecule has 0 rings (SSSR count). The highest BCUT2D eigenvalue weighted by Crippen LogP contribution is 2.28. The number of nitrogens with two attached hydrogens (primary N) is 2. The van der Waals surface area contributed by atoms with E-state index in [1.165, 1.54) is 6.92 Å². The standard InChI is InChI=1S/C14H24N2O/c1-8(2)9(3)10(4)13(7-15)14(11(5)16)12(6)17/h13-14H,1,5,7,15-16H2,2-4,6H3/b10-9-/t13-,14+/m1/s1. The molecule has 2 atom stereocenters. The lowest BCUT2D eigenvalue weighted by Crippen LogP contribution is -2.33. The smallest absolute Gasteiger partial charge is 0.139 e. The first-order valence-corrected chi connectivity index (χ1v) is 5.72. The van der Waals surface area contributed by atoms with Crippen molar-refractivity contribution in [3.63, 3.8) is 0 Å². The summed E-state index contributed by atoms with van der Waals surface area (Å²) in [7, 11) is 0. The van der Waals surface area contributed by atoms with E-state index in [2.05, 4.69) is 13.2 Å². The van der Waals surface area contributed by atoms with Gasteiger partial charge in [0.25, 0.3) is 0 Å². The molecule has 0 spiro atoms. The summed E-state index contributed by atoms with van der Waals surface area (Å²) in [6.45, 7) is 15.4. The van der Waals surface area contributed by atoms with Crippen molar-refractivity contribution in [2.45, 2.75) is 27.7 Å². The largest absolute Gasteiger partial charge is 0.402 e. The van der Waals surface area contributed by atoms with Gasteiger partial charge in [-0.2, -0.15) is 0 Å². The molecule has 3 nitrogen and oxygen atoms in total. The molecule has 0 aliphatic carbocycles. The number of carbonyl (C=O) groups is 1. The van der Waals surface area contributed by atoms with E-state index >= 15 is 0 Å². The molecule has 0 aromatic carbocycles. The molecule has 4 N–H and O–H groups in total. The zero-order chi connectivity index (χ0) is 13.7. The van der Waals surface area contributed by atoms with E-state index in [-0.39, 0.29) is 11.7 Å². The maximum Gasteiger partial charge on any atom is 0.139 e. The summed E-state index contributed by atoms with van der Waals surface area (Å²) in [6, 6.07) is 0. The van der Waals surface area contributed by atoms with Crippen LogP contribution in [0, 0.1) is 11.8 Å². The lowest BCUT2D eigenvalue weighted by molar-refractivity contribution is -0.120. The number of allylic oxidation sites excluding steroid dienone is 3. The van der Waals surface area contributed by atoms with Crippen LogP contribution in [0.2, 0.25) is 0 Å². The normalized spacial score (nSPS) is 15.8. The lowest BCUT2D eigenvalue weighted by atomic mass is 9.80. The Balaban J connectivity index is 5.47. The van der Waals surface area contributed by atoms with Crippen LogP contribution in [0.3, 0.4) is 0 Å². The number of hydrogen-bond donors (Lipinski definition) is 2. The Kier molecular flexibility index (Phi) is 5.89. The maximum atomic E-state index is 11.6. The zero-order valence-corrected chi connectivity index (χ0v) is 11.3. The van der Waals surface area contributed by atoms with Gasteiger partial charge in [-0.05, 0) is 39.8 Å². The summed E-state index contributed by atoms with van der Waals surface area (Å²) >= 11 is 0. The number of carbonyl (C=O) groups excluding carboxylic acids is 1. The Labute approximate surface area is 104 Å². The predicted molar refractivity (Wildman–Crippen MR) is 73.2 cm³/mol. The predicted octanol–water partition coefficient (Wildman–Crippen LogP) is 2.15. The van der Waals surface area contributed by atoms with E-state index in [0.717, 1.165) is 16.7 Å². The van der Waals surface area contributed by atoms with Gasteiger partial charge >= 0.3 is 0 Å². The SMILES string of the molecule is C=C(C)/C(C)=C(/C)[C@@H](CN)[C@@H](C(=C)N)C(C)=O. The summed E-state index contributed by atoms with van der Waals surface area (Å²) in [5.74, 6) is -0.502. The topological polar surface area (TPSA) is 69.1 Å². The second-order valence-corrected chi connectivity index (χ2v) is 4.59. The summed E-state index contributed by atoms with van der Waals surface area (Å²) in [4.78, 5) is 11.6. The average Bonchev–Trinajstić information content (AvgIpc) is 2.22. The molecule has 0 aliphatic rings. The second-order valence-electron chi connectivity index (χ2n) is 4.59. The third kappa shape index (κ3) is 3.86. The Morgan fingerprint density at radius 1 is 1.18 bits per heavy atom. The highest BCUT2D eigenvalue weighted by atomic mass is 16.1. The van der Waals surface area contributed by atoms with E-state index in [9.17, 15) is 4.79 Å². The van der Waals surface area contributed by atoms with Crippen LogP contribution in [0.5, 0.6) is 0 Å². The van der Waals surface area contributed by atoms with Crippen molar-refractivity contribution in [3.8, 4) is 0 Å². The van der Waals surface area contributed by atoms with Crippen LogP contribution in [0.15, 0.2) is 35.6 Å². The quantitative estimate of drug-likeness (QED) is 0.694. The number of Topliss-reactive ketones (excluding diaryl/α,β-unsaturated/α-hetero) is 1. The van der Waals surface area contributed by atoms with Crippen molar-refractivity contribution in [2.24, 2.45) is 23.3 Å². The van der Waals surface area contributed by atoms with Gasteiger partial charge in [-0.3, -0.25) is 4.79 Å². The van der Waals surface area contributed by atoms with Crippen molar-refractivity contribution in [1.29, 1.82) is 0 Å². The first-order chi connectivity index (χ1) is 7.73. The van der Waals surface area contributed by atoms with Crippen LogP contribution in [0.4, 0.5) is 0 Å². The minimum absolute atomic E-state index is 0.00168. The van der Waals surface area contributed by atoms with Gasteiger partial charge < -0.3 is 11.5 Å². The van der Waals surface area contributed by atoms with E-state index in [0.29, 0.717) is 12.2 Å². The molecule has 3 heteroatoms. The Hall–Kier alpha value is -1.35. The fourth-order valence-electron chi connectivity index (χ4n) is 1.98. The molecule has 0 unspecified atom stereocenters. The molecule has 0 bridgehead atoms. The third-order valence-electron chi connectivity index (χ3n) is 3.28. The summed E-state index contributed by atoms with van der Waals surface area (Å²) in [6.07, 6.45) is 0. The van der Waals surface area contributed by atoms with Gasteiger partial charge in [0.2, 0.25) is 0 Å². The monoisotopic (exact) mass is 236 g/mol. The van der Waals surface area contributed by atoms with Gasteiger partial charge in [-0.1, -0.05) is 24.3 Å². The second kappa shape index (κ2) is 6.40. The molecular weight excluding hydrogens is 212 g/mol. The Bertz CT molecular complexity index is 352. The zero-order valence-electron chi connectivity index (χ0n) is 11.3. The van der Waals surface area contributed by atoms with E-state index in [1.807, 2.05) is 20.8 Å². The average molecular weight is 236 g/mol. The highest BCUT2D eigenvalue weighted by Gasteiger charge is 2.28. The van der Waals surface area contributed by atoms with Gasteiger partial charge in [0.1, 0.15) is 5.78 Å². The van der Waals surface area contributed by atoms with E-state index < -0.39 is 5.92 Å². The van der Waals surface area contributed by atoms with Crippen LogP contribution >= 0.6 is 0 Å². The molecule has 17 heavy (non-hydrogen) atoms. The molecular formula is C14H24N2O. The fourth-order valence-corrected chi connectivity index (χ4v) is 1.98. The van der Waals surface area contributed by atoms with Crippen LogP contribution in [-0.2, 0) is 4.79 Å². The summed E-state index contributed by atoms with van der Waals surface area (Å²) < 4.78 is 0. The van der Waals surface area contributed by atoms with Crippen molar-refractivity contribution in [2.75, 3.05) is 6.54 Å². The Morgan fingerprint density at radius 2 is 1.65 bits per heavy atom. The third-order valence-corrected chi connectivity index (χ3v) is 3.28. The van der Waals surface area contributed by atoms with Crippen LogP contribution in [-0.4, -0.2) is 12.3 Å². The number of rotatable bonds is 6. The Morgan fingerprint density at radius 3 is 1.88 bits per heavy atom. The summed E-state index contributed by atoms with van der Waals surface area (Å²) in [5.41, 5.74) is 15.0. The molecule has 0 saturated heterocycles. The van der Waals surface area contributed by atoms with E-state index in [1.54, 1.807) is 0 Å². The van der Waals surface area contributed by atoms with Gasteiger partial charge in [-0.25, -0.2) is 0 Å². The van der Waals surface area contributed by atoms with Gasteiger partial charge in [0.05, 0.1) is 5.92 Å². The van der Waals surface area contributed by atoms with Crippen LogP contribution < -0.4 is 11.5 Å². The molecule has 0 aromatic heterocycles. The van der Waals surface area contributed by atoms with Crippen molar-refractivity contribution in [1.82, 2.24) is 0 Å². The molecule has 0 heterocycles. The first-order valence-electron chi connectivity index (χ1n) is 5.72. The number of hydrogen-bond acceptors (Lipinski definition) is 3.